The molecule has 0 saturated heterocycles. The van der Waals surface area contributed by atoms with Crippen molar-refractivity contribution in [2.24, 2.45) is 0 Å². The number of nitrogens with one attached hydrogen (secondary N) is 1. The van der Waals surface area contributed by atoms with Crippen molar-refractivity contribution in [1.82, 2.24) is 0 Å². The Morgan fingerprint density at radius 1 is 1.10 bits per heavy atom. The van der Waals surface area contributed by atoms with Crippen LogP contribution in [0, 0.1) is 11.6 Å². The first-order chi connectivity index (χ1) is 9.90. The molecule has 108 valence electrons. The molecule has 1 amide bonds. The number of hydrogen-bond donors (Lipinski definition) is 2. The third-order valence-corrected chi connectivity index (χ3v) is 3.26. The molecule has 21 heavy (non-hydrogen) atoms. The topological polar surface area (TPSA) is 66.4 Å². The van der Waals surface area contributed by atoms with Crippen molar-refractivity contribution in [3.05, 3.63) is 63.6 Å². The molecule has 0 radical (unpaired) electrons. The summed E-state index contributed by atoms with van der Waals surface area (Å²) >= 11 is 2.96. The van der Waals surface area contributed by atoms with E-state index in [2.05, 4.69) is 21.2 Å². The van der Waals surface area contributed by atoms with Gasteiger partial charge in [-0.25, -0.2) is 13.6 Å². The fraction of sp³-hybridized carbons (Fsp3) is 0. The normalized spacial score (nSPS) is 10.2. The van der Waals surface area contributed by atoms with Crippen molar-refractivity contribution in [1.29, 1.82) is 0 Å². The van der Waals surface area contributed by atoms with Crippen LogP contribution in [0.3, 0.4) is 0 Å². The van der Waals surface area contributed by atoms with Gasteiger partial charge < -0.3 is 10.4 Å². The second-order valence-corrected chi connectivity index (χ2v) is 4.91. The smallest absolute Gasteiger partial charge is 0.338 e. The van der Waals surface area contributed by atoms with Gasteiger partial charge in [-0.1, -0.05) is 6.07 Å². The van der Waals surface area contributed by atoms with Gasteiger partial charge in [-0.3, -0.25) is 4.79 Å². The molecule has 0 aliphatic carbocycles. The molecule has 7 heteroatoms. The number of hydrogen-bond acceptors (Lipinski definition) is 2. The van der Waals surface area contributed by atoms with Crippen molar-refractivity contribution in [3.8, 4) is 0 Å². The largest absolute Gasteiger partial charge is 0.478 e. The number of anilines is 1. The molecule has 0 bridgehead atoms. The Kier molecular flexibility index (Phi) is 4.32. The molecule has 2 rings (SSSR count). The van der Waals surface area contributed by atoms with E-state index in [0.717, 1.165) is 12.1 Å². The SMILES string of the molecule is O=C(O)c1cc(NC(=O)c2cccc(Br)c2F)ccc1F. The van der Waals surface area contributed by atoms with E-state index in [-0.39, 0.29) is 15.7 Å². The van der Waals surface area contributed by atoms with Crippen molar-refractivity contribution in [3.63, 3.8) is 0 Å². The number of amides is 1. The maximum absolute atomic E-state index is 13.8. The fourth-order valence-electron chi connectivity index (χ4n) is 1.64. The molecular formula is C14H8BrF2NO3. The Bertz CT molecular complexity index is 734. The van der Waals surface area contributed by atoms with E-state index in [4.69, 9.17) is 5.11 Å². The summed E-state index contributed by atoms with van der Waals surface area (Å²) < 4.78 is 27.1. The first kappa shape index (κ1) is 15.1. The summed E-state index contributed by atoms with van der Waals surface area (Å²) in [6.07, 6.45) is 0. The van der Waals surface area contributed by atoms with Crippen LogP contribution in [-0.2, 0) is 0 Å². The number of carboxylic acid groups (broad SMARTS) is 1. The van der Waals surface area contributed by atoms with Crippen molar-refractivity contribution in [2.45, 2.75) is 0 Å². The number of halogens is 3. The van der Waals surface area contributed by atoms with Crippen LogP contribution in [0.15, 0.2) is 40.9 Å². The Hall–Kier alpha value is -2.28. The maximum Gasteiger partial charge on any atom is 0.338 e. The zero-order chi connectivity index (χ0) is 15.6. The van der Waals surface area contributed by atoms with Gasteiger partial charge in [-0.15, -0.1) is 0 Å². The molecule has 2 N–H and O–H groups in total. The summed E-state index contributed by atoms with van der Waals surface area (Å²) in [6.45, 7) is 0. The zero-order valence-corrected chi connectivity index (χ0v) is 11.9. The molecule has 2 aromatic rings. The molecule has 0 atom stereocenters. The van der Waals surface area contributed by atoms with Crippen LogP contribution in [0.4, 0.5) is 14.5 Å². The van der Waals surface area contributed by atoms with Crippen LogP contribution in [0.2, 0.25) is 0 Å². The van der Waals surface area contributed by atoms with E-state index >= 15 is 0 Å². The van der Waals surface area contributed by atoms with Crippen LogP contribution in [0.1, 0.15) is 20.7 Å². The molecule has 0 unspecified atom stereocenters. The number of carboxylic acids is 1. The van der Waals surface area contributed by atoms with E-state index in [9.17, 15) is 18.4 Å². The summed E-state index contributed by atoms with van der Waals surface area (Å²) in [7, 11) is 0. The molecule has 4 nitrogen and oxygen atoms in total. The summed E-state index contributed by atoms with van der Waals surface area (Å²) in [6, 6.07) is 7.26. The van der Waals surface area contributed by atoms with Crippen molar-refractivity contribution >= 4 is 33.5 Å². The number of carbonyl (C=O) groups is 2. The van der Waals surface area contributed by atoms with Crippen LogP contribution >= 0.6 is 15.9 Å². The highest BCUT2D eigenvalue weighted by Crippen LogP contribution is 2.20. The first-order valence-electron chi connectivity index (χ1n) is 5.68. The summed E-state index contributed by atoms with van der Waals surface area (Å²) in [5.41, 5.74) is -0.744. The highest BCUT2D eigenvalue weighted by atomic mass is 79.9. The zero-order valence-electron chi connectivity index (χ0n) is 10.4. The minimum absolute atomic E-state index is 0.0539. The predicted octanol–water partition coefficient (Wildman–Crippen LogP) is 3.68. The van der Waals surface area contributed by atoms with Gasteiger partial charge in [0.05, 0.1) is 15.6 Å². The van der Waals surface area contributed by atoms with Crippen LogP contribution < -0.4 is 5.32 Å². The van der Waals surface area contributed by atoms with Crippen LogP contribution in [0.5, 0.6) is 0 Å². The lowest BCUT2D eigenvalue weighted by Gasteiger charge is -2.08. The predicted molar refractivity (Wildman–Crippen MR) is 75.4 cm³/mol. The van der Waals surface area contributed by atoms with Gasteiger partial charge in [0.15, 0.2) is 0 Å². The number of benzene rings is 2. The minimum atomic E-state index is -1.46. The fourth-order valence-corrected chi connectivity index (χ4v) is 2.01. The quantitative estimate of drug-likeness (QED) is 0.882. The third-order valence-electron chi connectivity index (χ3n) is 2.65. The third kappa shape index (κ3) is 3.25. The highest BCUT2D eigenvalue weighted by molar-refractivity contribution is 9.10. The Morgan fingerprint density at radius 3 is 2.48 bits per heavy atom. The Morgan fingerprint density at radius 2 is 1.81 bits per heavy atom. The summed E-state index contributed by atoms with van der Waals surface area (Å²) in [5.74, 6) is -3.89. The van der Waals surface area contributed by atoms with Crippen molar-refractivity contribution < 1.29 is 23.5 Å². The van der Waals surface area contributed by atoms with Gasteiger partial charge in [0.2, 0.25) is 0 Å². The molecular weight excluding hydrogens is 348 g/mol. The standard InChI is InChI=1S/C14H8BrF2NO3/c15-10-3-1-2-8(12(10)17)13(19)18-7-4-5-11(16)9(6-7)14(20)21/h1-6H,(H,18,19)(H,20,21). The minimum Gasteiger partial charge on any atom is -0.478 e. The molecule has 0 aliphatic heterocycles. The molecule has 0 fully saturated rings. The van der Waals surface area contributed by atoms with Gasteiger partial charge in [0, 0.05) is 5.69 Å². The number of carbonyl (C=O) groups excluding carboxylic acids is 1. The lowest BCUT2D eigenvalue weighted by atomic mass is 10.1. The molecule has 0 spiro atoms. The lowest BCUT2D eigenvalue weighted by Crippen LogP contribution is -2.14. The van der Waals surface area contributed by atoms with Gasteiger partial charge in [-0.05, 0) is 46.3 Å². The molecule has 0 heterocycles. The second kappa shape index (κ2) is 6.01. The van der Waals surface area contributed by atoms with E-state index in [1.807, 2.05) is 0 Å². The molecule has 0 aliphatic rings. The molecule has 0 saturated carbocycles. The molecule has 0 aromatic heterocycles. The van der Waals surface area contributed by atoms with E-state index < -0.39 is 29.1 Å². The van der Waals surface area contributed by atoms with Gasteiger partial charge in [0.1, 0.15) is 11.6 Å². The van der Waals surface area contributed by atoms with Gasteiger partial charge in [-0.2, -0.15) is 0 Å². The highest BCUT2D eigenvalue weighted by Gasteiger charge is 2.16. The van der Waals surface area contributed by atoms with Crippen LogP contribution in [0.25, 0.3) is 0 Å². The summed E-state index contributed by atoms with van der Waals surface area (Å²) in [4.78, 5) is 22.7. The Labute approximate surface area is 126 Å². The average Bonchev–Trinajstić information content (AvgIpc) is 2.43. The van der Waals surface area contributed by atoms with Gasteiger partial charge in [0.25, 0.3) is 5.91 Å². The van der Waals surface area contributed by atoms with Crippen LogP contribution in [-0.4, -0.2) is 17.0 Å². The number of aromatic carboxylic acids is 1. The molecule has 2 aromatic carbocycles. The van der Waals surface area contributed by atoms with E-state index in [1.165, 1.54) is 24.3 Å². The lowest BCUT2D eigenvalue weighted by molar-refractivity contribution is 0.0691. The first-order valence-corrected chi connectivity index (χ1v) is 6.47. The van der Waals surface area contributed by atoms with E-state index in [0.29, 0.717) is 0 Å². The summed E-state index contributed by atoms with van der Waals surface area (Å²) in [5, 5.41) is 11.1. The average molecular weight is 356 g/mol. The van der Waals surface area contributed by atoms with E-state index in [1.54, 1.807) is 0 Å². The van der Waals surface area contributed by atoms with Crippen molar-refractivity contribution in [2.75, 3.05) is 5.32 Å². The van der Waals surface area contributed by atoms with Gasteiger partial charge >= 0.3 is 5.97 Å². The monoisotopic (exact) mass is 355 g/mol. The number of rotatable bonds is 3. The second-order valence-electron chi connectivity index (χ2n) is 4.06. The Balaban J connectivity index is 2.30. The maximum atomic E-state index is 13.8.